The van der Waals surface area contributed by atoms with Crippen LogP contribution in [0.25, 0.3) is 0 Å². The van der Waals surface area contributed by atoms with Gasteiger partial charge in [-0.1, -0.05) is 22.9 Å². The topological polar surface area (TPSA) is 69.6 Å². The number of aliphatic hydroxyl groups is 1. The third-order valence-electron chi connectivity index (χ3n) is 2.39. The van der Waals surface area contributed by atoms with Crippen molar-refractivity contribution in [2.24, 2.45) is 0 Å². The zero-order valence-corrected chi connectivity index (χ0v) is 11.2. The van der Waals surface area contributed by atoms with Gasteiger partial charge in [-0.25, -0.2) is 0 Å². The first kappa shape index (κ1) is 14.0. The molecule has 0 amide bonds. The molecule has 0 fully saturated rings. The molecule has 1 atom stereocenters. The number of nitrogens with one attached hydrogen (secondary N) is 1. The Hall–Kier alpha value is -1.07. The van der Waals surface area contributed by atoms with E-state index in [2.05, 4.69) is 21.2 Å². The Morgan fingerprint density at radius 3 is 2.82 bits per heavy atom. The first-order chi connectivity index (χ1) is 8.02. The highest BCUT2D eigenvalue weighted by Crippen LogP contribution is 2.21. The van der Waals surface area contributed by atoms with E-state index in [0.717, 1.165) is 22.1 Å². The second-order valence-corrected chi connectivity index (χ2v) is 4.70. The maximum absolute atomic E-state index is 10.4. The van der Waals surface area contributed by atoms with Crippen molar-refractivity contribution in [3.63, 3.8) is 0 Å². The largest absolute Gasteiger partial charge is 0.481 e. The van der Waals surface area contributed by atoms with Gasteiger partial charge in [-0.15, -0.1) is 0 Å². The van der Waals surface area contributed by atoms with Crippen LogP contribution in [0.1, 0.15) is 18.9 Å². The number of hydrogen-bond donors (Lipinski definition) is 3. The van der Waals surface area contributed by atoms with E-state index >= 15 is 0 Å². The van der Waals surface area contributed by atoms with Crippen LogP contribution in [-0.4, -0.2) is 28.8 Å². The molecule has 0 spiro atoms. The van der Waals surface area contributed by atoms with E-state index in [-0.39, 0.29) is 13.0 Å². The summed E-state index contributed by atoms with van der Waals surface area (Å²) >= 11 is 3.39. The number of aryl methyl sites for hydroxylation is 1. The van der Waals surface area contributed by atoms with Crippen LogP contribution in [0, 0.1) is 0 Å². The Morgan fingerprint density at radius 1 is 1.53 bits per heavy atom. The summed E-state index contributed by atoms with van der Waals surface area (Å²) in [6.07, 6.45) is -0.247. The van der Waals surface area contributed by atoms with Crippen molar-refractivity contribution in [3.05, 3.63) is 28.2 Å². The van der Waals surface area contributed by atoms with Crippen LogP contribution < -0.4 is 5.32 Å². The lowest BCUT2D eigenvalue weighted by Crippen LogP contribution is -2.23. The fourth-order valence-electron chi connectivity index (χ4n) is 1.53. The molecule has 4 nitrogen and oxygen atoms in total. The highest BCUT2D eigenvalue weighted by atomic mass is 79.9. The summed E-state index contributed by atoms with van der Waals surface area (Å²) in [5, 5.41) is 21.0. The molecule has 0 bridgehead atoms. The van der Waals surface area contributed by atoms with Crippen molar-refractivity contribution in [2.45, 2.75) is 25.9 Å². The molecular weight excluding hydrogens is 286 g/mol. The number of carboxylic acid groups (broad SMARTS) is 1. The first-order valence-electron chi connectivity index (χ1n) is 5.45. The average molecular weight is 302 g/mol. The molecule has 0 aliphatic rings. The van der Waals surface area contributed by atoms with Crippen LogP contribution in [0.5, 0.6) is 0 Å². The van der Waals surface area contributed by atoms with Gasteiger partial charge >= 0.3 is 5.97 Å². The SMILES string of the molecule is CCc1cc(Br)ccc1NCC(O)CC(=O)O. The number of carboxylic acids is 1. The van der Waals surface area contributed by atoms with Crippen molar-refractivity contribution in [3.8, 4) is 0 Å². The number of carbonyl (C=O) groups is 1. The second kappa shape index (κ2) is 6.61. The van der Waals surface area contributed by atoms with E-state index in [4.69, 9.17) is 5.11 Å². The van der Waals surface area contributed by atoms with Gasteiger partial charge in [-0.05, 0) is 30.2 Å². The van der Waals surface area contributed by atoms with Crippen LogP contribution >= 0.6 is 15.9 Å². The predicted molar refractivity (Wildman–Crippen MR) is 70.3 cm³/mol. The molecule has 17 heavy (non-hydrogen) atoms. The predicted octanol–water partition coefficient (Wildman–Crippen LogP) is 2.26. The normalized spacial score (nSPS) is 12.2. The zero-order chi connectivity index (χ0) is 12.8. The van der Waals surface area contributed by atoms with Crippen molar-refractivity contribution in [2.75, 3.05) is 11.9 Å². The first-order valence-corrected chi connectivity index (χ1v) is 6.24. The standard InChI is InChI=1S/C12H16BrNO3/c1-2-8-5-9(13)3-4-11(8)14-7-10(15)6-12(16)17/h3-5,10,14-15H,2,6-7H2,1H3,(H,16,17). The summed E-state index contributed by atoms with van der Waals surface area (Å²) in [7, 11) is 0. The number of aliphatic hydroxyl groups excluding tert-OH is 1. The van der Waals surface area contributed by atoms with E-state index in [1.54, 1.807) is 0 Å². The number of benzene rings is 1. The van der Waals surface area contributed by atoms with Gasteiger partial charge in [0.15, 0.2) is 0 Å². The molecule has 0 aromatic heterocycles. The van der Waals surface area contributed by atoms with E-state index in [1.165, 1.54) is 0 Å². The Labute approximate surface area is 109 Å². The molecule has 3 N–H and O–H groups in total. The summed E-state index contributed by atoms with van der Waals surface area (Å²) in [4.78, 5) is 10.4. The summed E-state index contributed by atoms with van der Waals surface area (Å²) in [6.45, 7) is 2.28. The van der Waals surface area contributed by atoms with Crippen LogP contribution in [0.2, 0.25) is 0 Å². The third kappa shape index (κ3) is 4.75. The number of aliphatic carboxylic acids is 1. The minimum atomic E-state index is -0.995. The number of anilines is 1. The minimum absolute atomic E-state index is 0.237. The Bertz CT molecular complexity index is 395. The Kier molecular flexibility index (Phi) is 5.44. The van der Waals surface area contributed by atoms with Crippen molar-refractivity contribution in [1.29, 1.82) is 0 Å². The molecular formula is C12H16BrNO3. The highest BCUT2D eigenvalue weighted by Gasteiger charge is 2.10. The maximum atomic E-state index is 10.4. The van der Waals surface area contributed by atoms with Crippen molar-refractivity contribution in [1.82, 2.24) is 0 Å². The zero-order valence-electron chi connectivity index (χ0n) is 9.61. The molecule has 0 radical (unpaired) electrons. The lowest BCUT2D eigenvalue weighted by Gasteiger charge is -2.14. The molecule has 0 aliphatic heterocycles. The maximum Gasteiger partial charge on any atom is 0.306 e. The Balaban J connectivity index is 2.59. The van der Waals surface area contributed by atoms with Gasteiger partial charge < -0.3 is 15.5 Å². The van der Waals surface area contributed by atoms with E-state index in [9.17, 15) is 9.90 Å². The van der Waals surface area contributed by atoms with Crippen molar-refractivity contribution >= 4 is 27.6 Å². The average Bonchev–Trinajstić information content (AvgIpc) is 2.26. The van der Waals surface area contributed by atoms with E-state index < -0.39 is 12.1 Å². The molecule has 1 aromatic carbocycles. The van der Waals surface area contributed by atoms with Crippen LogP contribution in [0.3, 0.4) is 0 Å². The van der Waals surface area contributed by atoms with Gasteiger partial charge in [0, 0.05) is 16.7 Å². The summed E-state index contributed by atoms with van der Waals surface area (Å²) in [6, 6.07) is 5.83. The van der Waals surface area contributed by atoms with Crippen molar-refractivity contribution < 1.29 is 15.0 Å². The third-order valence-corrected chi connectivity index (χ3v) is 2.88. The molecule has 1 unspecified atom stereocenters. The summed E-state index contributed by atoms with van der Waals surface area (Å²) in [5.74, 6) is -0.995. The smallest absolute Gasteiger partial charge is 0.306 e. The summed E-state index contributed by atoms with van der Waals surface area (Å²) in [5.41, 5.74) is 2.06. The molecule has 1 rings (SSSR count). The lowest BCUT2D eigenvalue weighted by molar-refractivity contribution is -0.138. The number of hydrogen-bond acceptors (Lipinski definition) is 3. The minimum Gasteiger partial charge on any atom is -0.481 e. The van der Waals surface area contributed by atoms with Gasteiger partial charge in [0.25, 0.3) is 0 Å². The quantitative estimate of drug-likeness (QED) is 0.754. The Morgan fingerprint density at radius 2 is 2.24 bits per heavy atom. The summed E-state index contributed by atoms with van der Waals surface area (Å²) < 4.78 is 1.01. The van der Waals surface area contributed by atoms with Crippen LogP contribution in [-0.2, 0) is 11.2 Å². The fourth-order valence-corrected chi connectivity index (χ4v) is 1.94. The monoisotopic (exact) mass is 301 g/mol. The molecule has 5 heteroatoms. The molecule has 0 heterocycles. The second-order valence-electron chi connectivity index (χ2n) is 3.79. The van der Waals surface area contributed by atoms with Gasteiger partial charge in [0.2, 0.25) is 0 Å². The van der Waals surface area contributed by atoms with Gasteiger partial charge in [0.05, 0.1) is 12.5 Å². The number of rotatable bonds is 6. The van der Waals surface area contributed by atoms with Crippen LogP contribution in [0.4, 0.5) is 5.69 Å². The highest BCUT2D eigenvalue weighted by molar-refractivity contribution is 9.10. The molecule has 1 aromatic rings. The molecule has 0 saturated carbocycles. The van der Waals surface area contributed by atoms with Crippen LogP contribution in [0.15, 0.2) is 22.7 Å². The molecule has 0 aliphatic carbocycles. The lowest BCUT2D eigenvalue weighted by atomic mass is 10.1. The van der Waals surface area contributed by atoms with Gasteiger partial charge in [-0.3, -0.25) is 4.79 Å². The molecule has 0 saturated heterocycles. The van der Waals surface area contributed by atoms with E-state index in [0.29, 0.717) is 0 Å². The molecule has 94 valence electrons. The van der Waals surface area contributed by atoms with Gasteiger partial charge in [-0.2, -0.15) is 0 Å². The number of halogens is 1. The van der Waals surface area contributed by atoms with E-state index in [1.807, 2.05) is 25.1 Å². The fraction of sp³-hybridized carbons (Fsp3) is 0.417. The van der Waals surface area contributed by atoms with Gasteiger partial charge in [0.1, 0.15) is 0 Å².